The smallest absolute Gasteiger partial charge is 0.185 e. The number of aryl methyl sites for hydroxylation is 1. The van der Waals surface area contributed by atoms with Crippen molar-refractivity contribution in [1.82, 2.24) is 19.8 Å². The highest BCUT2D eigenvalue weighted by Gasteiger charge is 2.09. The average molecular weight is 252 g/mol. The Morgan fingerprint density at radius 1 is 1.05 bits per heavy atom. The van der Waals surface area contributed by atoms with Crippen LogP contribution in [0.1, 0.15) is 30.9 Å². The Labute approximate surface area is 112 Å². The monoisotopic (exact) mass is 252 g/mol. The summed E-state index contributed by atoms with van der Waals surface area (Å²) in [5, 5.41) is 12.8. The molecule has 0 unspecified atom stereocenters. The van der Waals surface area contributed by atoms with E-state index < -0.39 is 0 Å². The van der Waals surface area contributed by atoms with Gasteiger partial charge < -0.3 is 0 Å². The lowest BCUT2D eigenvalue weighted by Gasteiger charge is -2.05. The Hall–Kier alpha value is -2.23. The summed E-state index contributed by atoms with van der Waals surface area (Å²) in [4.78, 5) is 0. The van der Waals surface area contributed by atoms with E-state index in [9.17, 15) is 0 Å². The zero-order valence-electron chi connectivity index (χ0n) is 11.3. The molecule has 0 atom stereocenters. The number of nitrogens with zero attached hydrogens (tertiary/aromatic N) is 4. The number of benzene rings is 1. The third-order valence-corrected chi connectivity index (χ3v) is 3.23. The number of aromatic nitrogens is 4. The predicted molar refractivity (Wildman–Crippen MR) is 75.0 cm³/mol. The number of hydrogen-bond donors (Lipinski definition) is 0. The normalized spacial score (nSPS) is 11.4. The fourth-order valence-corrected chi connectivity index (χ4v) is 2.08. The van der Waals surface area contributed by atoms with Crippen LogP contribution in [-0.2, 0) is 0 Å². The molecule has 2 aromatic heterocycles. The Bertz CT molecular complexity index is 711. The summed E-state index contributed by atoms with van der Waals surface area (Å²) in [5.74, 6) is 1.32. The SMILES string of the molecule is Cc1cnn2c(-c3ccc(C(C)C)cc3)nnc2c1. The molecular formula is C15H16N4. The molecule has 0 N–H and O–H groups in total. The van der Waals surface area contributed by atoms with Gasteiger partial charge in [-0.15, -0.1) is 10.2 Å². The molecular weight excluding hydrogens is 236 g/mol. The molecule has 4 nitrogen and oxygen atoms in total. The van der Waals surface area contributed by atoms with Crippen molar-refractivity contribution in [3.63, 3.8) is 0 Å². The molecule has 0 amide bonds. The Kier molecular flexibility index (Phi) is 2.78. The van der Waals surface area contributed by atoms with Gasteiger partial charge in [0.15, 0.2) is 11.5 Å². The molecule has 0 radical (unpaired) electrons. The molecule has 96 valence electrons. The molecule has 0 saturated carbocycles. The number of rotatable bonds is 2. The summed E-state index contributed by atoms with van der Waals surface area (Å²) in [6, 6.07) is 10.4. The van der Waals surface area contributed by atoms with E-state index in [0.717, 1.165) is 22.6 Å². The molecule has 0 aliphatic rings. The fraction of sp³-hybridized carbons (Fsp3) is 0.267. The van der Waals surface area contributed by atoms with Gasteiger partial charge in [-0.1, -0.05) is 38.1 Å². The van der Waals surface area contributed by atoms with Gasteiger partial charge in [0.25, 0.3) is 0 Å². The van der Waals surface area contributed by atoms with Crippen molar-refractivity contribution in [3.8, 4) is 11.4 Å². The molecule has 1 aromatic carbocycles. The first kappa shape index (κ1) is 11.8. The van der Waals surface area contributed by atoms with Gasteiger partial charge in [0.05, 0.1) is 6.20 Å². The molecule has 3 aromatic rings. The van der Waals surface area contributed by atoms with Crippen molar-refractivity contribution in [2.24, 2.45) is 0 Å². The minimum atomic E-state index is 0.532. The Balaban J connectivity index is 2.09. The van der Waals surface area contributed by atoms with Gasteiger partial charge in [-0.25, -0.2) is 0 Å². The van der Waals surface area contributed by atoms with Gasteiger partial charge in [-0.05, 0) is 30.0 Å². The lowest BCUT2D eigenvalue weighted by Crippen LogP contribution is -1.95. The van der Waals surface area contributed by atoms with E-state index in [1.807, 2.05) is 19.2 Å². The van der Waals surface area contributed by atoms with Gasteiger partial charge >= 0.3 is 0 Å². The molecule has 0 bridgehead atoms. The highest BCUT2D eigenvalue weighted by atomic mass is 15.4. The molecule has 0 spiro atoms. The lowest BCUT2D eigenvalue weighted by molar-refractivity contribution is 0.866. The third-order valence-electron chi connectivity index (χ3n) is 3.23. The van der Waals surface area contributed by atoms with Crippen LogP contribution in [0.2, 0.25) is 0 Å². The van der Waals surface area contributed by atoms with Crippen molar-refractivity contribution in [2.75, 3.05) is 0 Å². The molecule has 0 aliphatic carbocycles. The third kappa shape index (κ3) is 2.10. The van der Waals surface area contributed by atoms with Crippen LogP contribution in [0.5, 0.6) is 0 Å². The van der Waals surface area contributed by atoms with Crippen molar-refractivity contribution < 1.29 is 0 Å². The Morgan fingerprint density at radius 3 is 2.47 bits per heavy atom. The molecule has 19 heavy (non-hydrogen) atoms. The second-order valence-corrected chi connectivity index (χ2v) is 5.10. The van der Waals surface area contributed by atoms with Crippen molar-refractivity contribution in [3.05, 3.63) is 47.7 Å². The molecule has 0 saturated heterocycles. The van der Waals surface area contributed by atoms with E-state index in [4.69, 9.17) is 0 Å². The van der Waals surface area contributed by atoms with Crippen LogP contribution in [0.15, 0.2) is 36.5 Å². The summed E-state index contributed by atoms with van der Waals surface area (Å²) in [6.45, 7) is 6.37. The van der Waals surface area contributed by atoms with Gasteiger partial charge in [0, 0.05) is 5.56 Å². The maximum Gasteiger partial charge on any atom is 0.185 e. The standard InChI is InChI=1S/C15H16N4/c1-10(2)12-4-6-13(7-5-12)15-18-17-14-8-11(3)9-16-19(14)15/h4-10H,1-3H3. The first-order chi connectivity index (χ1) is 9.15. The lowest BCUT2D eigenvalue weighted by atomic mass is 10.0. The summed E-state index contributed by atoms with van der Waals surface area (Å²) in [7, 11) is 0. The highest BCUT2D eigenvalue weighted by Crippen LogP contribution is 2.21. The van der Waals surface area contributed by atoms with E-state index in [-0.39, 0.29) is 0 Å². The van der Waals surface area contributed by atoms with Crippen LogP contribution in [0.3, 0.4) is 0 Å². The van der Waals surface area contributed by atoms with Gasteiger partial charge in [-0.2, -0.15) is 9.61 Å². The van der Waals surface area contributed by atoms with Crippen molar-refractivity contribution >= 4 is 5.65 Å². The quantitative estimate of drug-likeness (QED) is 0.703. The van der Waals surface area contributed by atoms with Gasteiger partial charge in [-0.3, -0.25) is 0 Å². The number of fused-ring (bicyclic) bond motifs is 1. The first-order valence-electron chi connectivity index (χ1n) is 6.43. The maximum atomic E-state index is 4.37. The fourth-order valence-electron chi connectivity index (χ4n) is 2.08. The van der Waals surface area contributed by atoms with Crippen LogP contribution < -0.4 is 0 Å². The topological polar surface area (TPSA) is 43.1 Å². The molecule has 4 heteroatoms. The molecule has 2 heterocycles. The van der Waals surface area contributed by atoms with Crippen LogP contribution >= 0.6 is 0 Å². The van der Waals surface area contributed by atoms with Gasteiger partial charge in [0.1, 0.15) is 0 Å². The second-order valence-electron chi connectivity index (χ2n) is 5.10. The second kappa shape index (κ2) is 4.46. The van der Waals surface area contributed by atoms with E-state index in [1.165, 1.54) is 5.56 Å². The van der Waals surface area contributed by atoms with E-state index in [2.05, 4.69) is 53.4 Å². The maximum absolute atomic E-state index is 4.37. The van der Waals surface area contributed by atoms with Crippen LogP contribution in [-0.4, -0.2) is 19.8 Å². The summed E-state index contributed by atoms with van der Waals surface area (Å²) >= 11 is 0. The van der Waals surface area contributed by atoms with E-state index >= 15 is 0 Å². The van der Waals surface area contributed by atoms with Crippen LogP contribution in [0.4, 0.5) is 0 Å². The zero-order valence-corrected chi connectivity index (χ0v) is 11.3. The van der Waals surface area contributed by atoms with Crippen LogP contribution in [0, 0.1) is 6.92 Å². The minimum Gasteiger partial charge on any atom is -0.193 e. The van der Waals surface area contributed by atoms with Crippen LogP contribution in [0.25, 0.3) is 17.0 Å². The average Bonchev–Trinajstić information content (AvgIpc) is 2.81. The van der Waals surface area contributed by atoms with Gasteiger partial charge in [0.2, 0.25) is 0 Å². The molecule has 3 rings (SSSR count). The molecule has 0 fully saturated rings. The molecule has 0 aliphatic heterocycles. The summed E-state index contributed by atoms with van der Waals surface area (Å²) in [6.07, 6.45) is 1.82. The predicted octanol–water partition coefficient (Wildman–Crippen LogP) is 3.22. The zero-order chi connectivity index (χ0) is 13.4. The van der Waals surface area contributed by atoms with E-state index in [1.54, 1.807) is 4.52 Å². The Morgan fingerprint density at radius 2 is 1.79 bits per heavy atom. The summed E-state index contributed by atoms with van der Waals surface area (Å²) < 4.78 is 1.78. The van der Waals surface area contributed by atoms with Crippen molar-refractivity contribution in [2.45, 2.75) is 26.7 Å². The largest absolute Gasteiger partial charge is 0.193 e. The highest BCUT2D eigenvalue weighted by molar-refractivity contribution is 5.59. The van der Waals surface area contributed by atoms with E-state index in [0.29, 0.717) is 5.92 Å². The number of hydrogen-bond acceptors (Lipinski definition) is 3. The summed E-state index contributed by atoms with van der Waals surface area (Å²) in [5.41, 5.74) is 4.22. The first-order valence-corrected chi connectivity index (χ1v) is 6.43. The minimum absolute atomic E-state index is 0.532. The van der Waals surface area contributed by atoms with Crippen molar-refractivity contribution in [1.29, 1.82) is 0 Å².